The Morgan fingerprint density at radius 3 is 2.41 bits per heavy atom. The lowest BCUT2D eigenvalue weighted by Gasteiger charge is -2.28. The number of pyridine rings is 1. The van der Waals surface area contributed by atoms with Crippen LogP contribution < -0.4 is 15.0 Å². The lowest BCUT2D eigenvalue weighted by atomic mass is 9.94. The molecule has 3 rings (SSSR count). The topological polar surface area (TPSA) is 103 Å². The van der Waals surface area contributed by atoms with Gasteiger partial charge in [-0.3, -0.25) is 9.52 Å². The van der Waals surface area contributed by atoms with E-state index in [4.69, 9.17) is 4.74 Å². The van der Waals surface area contributed by atoms with Crippen LogP contribution in [0.5, 0.6) is 6.01 Å². The largest absolute Gasteiger partial charge is 0.460 e. The zero-order valence-corrected chi connectivity index (χ0v) is 19.6. The van der Waals surface area contributed by atoms with Gasteiger partial charge in [-0.15, -0.1) is 0 Å². The minimum atomic E-state index is -3.71. The van der Waals surface area contributed by atoms with Crippen LogP contribution in [0.15, 0.2) is 17.1 Å². The van der Waals surface area contributed by atoms with Gasteiger partial charge in [-0.05, 0) is 46.6 Å². The average molecular weight is 471 g/mol. The zero-order chi connectivity index (χ0) is 23.8. The second-order valence-electron chi connectivity index (χ2n) is 8.53. The lowest BCUT2D eigenvalue weighted by molar-refractivity contribution is -0.0594. The third-order valence-electron chi connectivity index (χ3n) is 5.56. The summed E-state index contributed by atoms with van der Waals surface area (Å²) in [6.45, 7) is 6.41. The molecule has 11 heteroatoms. The van der Waals surface area contributed by atoms with Crippen LogP contribution in [0.25, 0.3) is 11.3 Å². The fourth-order valence-electron chi connectivity index (χ4n) is 3.47. The van der Waals surface area contributed by atoms with Gasteiger partial charge in [0.2, 0.25) is 15.9 Å². The molecule has 8 nitrogen and oxygen atoms in total. The van der Waals surface area contributed by atoms with Crippen molar-refractivity contribution in [2.75, 3.05) is 4.72 Å². The van der Waals surface area contributed by atoms with Crippen LogP contribution in [0.2, 0.25) is 0 Å². The number of nitrogens with zero attached hydrogens (tertiary/aromatic N) is 3. The van der Waals surface area contributed by atoms with Crippen LogP contribution in [0.4, 0.5) is 14.6 Å². The van der Waals surface area contributed by atoms with Crippen LogP contribution in [0, 0.1) is 13.8 Å². The van der Waals surface area contributed by atoms with E-state index in [0.29, 0.717) is 22.4 Å². The van der Waals surface area contributed by atoms with E-state index in [2.05, 4.69) is 14.7 Å². The standard InChI is InChI=1S/C21H28F2N4O4S/c1-12(2)32(29,30)26-18-14(4)17(15-10-13(3)19(28)27(5)11-15)24-20(25-18)31-16-6-8-21(22,23)9-7-16/h10-12,16H,6-9H2,1-5H3,(H,24,25,26). The molecule has 0 aliphatic heterocycles. The summed E-state index contributed by atoms with van der Waals surface area (Å²) in [6.07, 6.45) is 0.807. The first-order valence-corrected chi connectivity index (χ1v) is 12.0. The van der Waals surface area contributed by atoms with Crippen LogP contribution in [0.3, 0.4) is 0 Å². The summed E-state index contributed by atoms with van der Waals surface area (Å²) >= 11 is 0. The van der Waals surface area contributed by atoms with Crippen molar-refractivity contribution in [2.45, 2.75) is 70.7 Å². The smallest absolute Gasteiger partial charge is 0.319 e. The van der Waals surface area contributed by atoms with E-state index < -0.39 is 27.3 Å². The molecule has 2 aromatic rings. The Hall–Kier alpha value is -2.56. The van der Waals surface area contributed by atoms with Gasteiger partial charge < -0.3 is 9.30 Å². The molecular formula is C21H28F2N4O4S. The van der Waals surface area contributed by atoms with Crippen LogP contribution >= 0.6 is 0 Å². The molecule has 1 N–H and O–H groups in total. The molecular weight excluding hydrogens is 442 g/mol. The molecule has 0 unspecified atom stereocenters. The van der Waals surface area contributed by atoms with Crippen molar-refractivity contribution >= 4 is 15.8 Å². The normalized spacial score (nSPS) is 16.9. The number of hydrogen-bond donors (Lipinski definition) is 1. The van der Waals surface area contributed by atoms with E-state index in [0.717, 1.165) is 0 Å². The number of hydrogen-bond acceptors (Lipinski definition) is 6. The Labute approximate surface area is 186 Å². The van der Waals surface area contributed by atoms with Crippen LogP contribution in [-0.4, -0.2) is 40.2 Å². The molecule has 0 spiro atoms. The van der Waals surface area contributed by atoms with Crippen molar-refractivity contribution in [2.24, 2.45) is 7.05 Å². The van der Waals surface area contributed by atoms with Gasteiger partial charge in [0.25, 0.3) is 5.56 Å². The highest BCUT2D eigenvalue weighted by molar-refractivity contribution is 7.93. The molecule has 176 valence electrons. The summed E-state index contributed by atoms with van der Waals surface area (Å²) in [4.78, 5) is 20.8. The first-order valence-electron chi connectivity index (χ1n) is 10.4. The SMILES string of the molecule is Cc1c(NS(=O)(=O)C(C)C)nc(OC2CCC(F)(F)CC2)nc1-c1cc(C)c(=O)n(C)c1. The highest BCUT2D eigenvalue weighted by Gasteiger charge is 2.36. The fraction of sp³-hybridized carbons (Fsp3) is 0.571. The molecule has 0 bridgehead atoms. The monoisotopic (exact) mass is 470 g/mol. The maximum atomic E-state index is 13.5. The van der Waals surface area contributed by atoms with Gasteiger partial charge in [0, 0.05) is 42.8 Å². The average Bonchev–Trinajstić information content (AvgIpc) is 2.69. The summed E-state index contributed by atoms with van der Waals surface area (Å²) < 4.78 is 61.7. The number of nitrogens with one attached hydrogen (secondary N) is 1. The van der Waals surface area contributed by atoms with Crippen molar-refractivity contribution in [3.05, 3.63) is 33.7 Å². The van der Waals surface area contributed by atoms with Gasteiger partial charge >= 0.3 is 6.01 Å². The van der Waals surface area contributed by atoms with E-state index in [-0.39, 0.29) is 43.1 Å². The number of aromatic nitrogens is 3. The molecule has 1 saturated carbocycles. The van der Waals surface area contributed by atoms with Crippen LogP contribution in [-0.2, 0) is 17.1 Å². The molecule has 0 radical (unpaired) electrons. The predicted molar refractivity (Wildman–Crippen MR) is 118 cm³/mol. The van der Waals surface area contributed by atoms with Gasteiger partial charge in [-0.1, -0.05) is 0 Å². The zero-order valence-electron chi connectivity index (χ0n) is 18.8. The maximum Gasteiger partial charge on any atom is 0.319 e. The quantitative estimate of drug-likeness (QED) is 0.692. The van der Waals surface area contributed by atoms with Crippen molar-refractivity contribution in [1.29, 1.82) is 0 Å². The summed E-state index contributed by atoms with van der Waals surface area (Å²) in [5.74, 6) is -2.66. The minimum Gasteiger partial charge on any atom is -0.460 e. The lowest BCUT2D eigenvalue weighted by Crippen LogP contribution is -2.31. The highest BCUT2D eigenvalue weighted by atomic mass is 32.2. The van der Waals surface area contributed by atoms with Crippen molar-refractivity contribution in [3.63, 3.8) is 0 Å². The van der Waals surface area contributed by atoms with E-state index >= 15 is 0 Å². The summed E-state index contributed by atoms with van der Waals surface area (Å²) in [7, 11) is -2.10. The number of alkyl halides is 2. The van der Waals surface area contributed by atoms with Gasteiger partial charge in [-0.2, -0.15) is 9.97 Å². The first kappa shape index (κ1) is 24.1. The second-order valence-corrected chi connectivity index (χ2v) is 10.8. The molecule has 1 fully saturated rings. The number of rotatable bonds is 6. The Morgan fingerprint density at radius 1 is 1.22 bits per heavy atom. The van der Waals surface area contributed by atoms with Gasteiger partial charge in [0.05, 0.1) is 10.9 Å². The fourth-order valence-corrected chi connectivity index (χ4v) is 4.17. The number of anilines is 1. The summed E-state index contributed by atoms with van der Waals surface area (Å²) in [6, 6.07) is 1.55. The molecule has 0 aromatic carbocycles. The number of sulfonamides is 1. The third-order valence-corrected chi connectivity index (χ3v) is 7.28. The molecule has 1 aliphatic rings. The van der Waals surface area contributed by atoms with E-state index in [1.54, 1.807) is 33.2 Å². The van der Waals surface area contributed by atoms with Gasteiger partial charge in [0.1, 0.15) is 11.9 Å². The molecule has 32 heavy (non-hydrogen) atoms. The second kappa shape index (κ2) is 8.76. The Morgan fingerprint density at radius 2 is 1.84 bits per heavy atom. The number of ether oxygens (including phenoxy) is 1. The molecule has 2 heterocycles. The third kappa shape index (κ3) is 5.25. The van der Waals surface area contributed by atoms with Gasteiger partial charge in [0.15, 0.2) is 0 Å². The summed E-state index contributed by atoms with van der Waals surface area (Å²) in [5.41, 5.74) is 1.74. The predicted octanol–water partition coefficient (Wildman–Crippen LogP) is 3.57. The Bertz CT molecular complexity index is 1140. The Balaban J connectivity index is 2.06. The maximum absolute atomic E-state index is 13.5. The van der Waals surface area contributed by atoms with Crippen LogP contribution in [0.1, 0.15) is 50.7 Å². The van der Waals surface area contributed by atoms with Crippen molar-refractivity contribution in [1.82, 2.24) is 14.5 Å². The number of halogens is 2. The summed E-state index contributed by atoms with van der Waals surface area (Å²) in [5, 5.41) is -0.704. The Kier molecular flexibility index (Phi) is 6.60. The minimum absolute atomic E-state index is 0.0475. The molecule has 0 atom stereocenters. The number of aryl methyl sites for hydroxylation is 2. The highest BCUT2D eigenvalue weighted by Crippen LogP contribution is 2.35. The molecule has 0 amide bonds. The van der Waals surface area contributed by atoms with Gasteiger partial charge in [-0.25, -0.2) is 17.2 Å². The molecule has 2 aromatic heterocycles. The van der Waals surface area contributed by atoms with E-state index in [9.17, 15) is 22.0 Å². The van der Waals surface area contributed by atoms with E-state index in [1.807, 2.05) is 0 Å². The first-order chi connectivity index (χ1) is 14.8. The molecule has 1 aliphatic carbocycles. The molecule has 0 saturated heterocycles. The van der Waals surface area contributed by atoms with Crippen molar-refractivity contribution in [3.8, 4) is 17.3 Å². The van der Waals surface area contributed by atoms with Crippen molar-refractivity contribution < 1.29 is 21.9 Å². The van der Waals surface area contributed by atoms with E-state index in [1.165, 1.54) is 18.4 Å².